The minimum atomic E-state index is -0.242. The van der Waals surface area contributed by atoms with Crippen molar-refractivity contribution in [3.8, 4) is 11.5 Å². The molecular formula is C22H27N3O4. The zero-order valence-electron chi connectivity index (χ0n) is 17.1. The maximum absolute atomic E-state index is 12.8. The third-order valence-corrected chi connectivity index (χ3v) is 4.86. The SMILES string of the molecule is CCOc1ccc(N2C[C@@H](NC(=O)N(CC)c3ccc(OC)cc3)CC2=O)cc1. The Morgan fingerprint density at radius 1 is 1.10 bits per heavy atom. The van der Waals surface area contributed by atoms with Gasteiger partial charge in [0, 0.05) is 30.9 Å². The summed E-state index contributed by atoms with van der Waals surface area (Å²) in [5, 5.41) is 2.99. The van der Waals surface area contributed by atoms with Crippen LogP contribution in [-0.2, 0) is 4.79 Å². The fourth-order valence-electron chi connectivity index (χ4n) is 3.40. The van der Waals surface area contributed by atoms with Crippen LogP contribution in [0.1, 0.15) is 20.3 Å². The summed E-state index contributed by atoms with van der Waals surface area (Å²) in [5.41, 5.74) is 1.58. The Kier molecular flexibility index (Phi) is 6.59. The molecule has 2 aromatic carbocycles. The highest BCUT2D eigenvalue weighted by atomic mass is 16.5. The molecule has 0 radical (unpaired) electrons. The molecule has 7 heteroatoms. The van der Waals surface area contributed by atoms with Gasteiger partial charge in [0.15, 0.2) is 0 Å². The quantitative estimate of drug-likeness (QED) is 0.777. The average molecular weight is 397 g/mol. The van der Waals surface area contributed by atoms with Gasteiger partial charge in [0.25, 0.3) is 0 Å². The van der Waals surface area contributed by atoms with Crippen LogP contribution in [0.25, 0.3) is 0 Å². The summed E-state index contributed by atoms with van der Waals surface area (Å²) in [7, 11) is 1.60. The number of hydrogen-bond acceptors (Lipinski definition) is 4. The molecule has 0 spiro atoms. The Labute approximate surface area is 171 Å². The molecule has 1 N–H and O–H groups in total. The van der Waals surface area contributed by atoms with E-state index in [2.05, 4.69) is 5.32 Å². The van der Waals surface area contributed by atoms with E-state index in [1.165, 1.54) is 0 Å². The van der Waals surface area contributed by atoms with Crippen molar-refractivity contribution in [2.24, 2.45) is 0 Å². The number of carbonyl (C=O) groups is 2. The Bertz CT molecular complexity index is 836. The second-order valence-electron chi connectivity index (χ2n) is 6.72. The first-order valence-corrected chi connectivity index (χ1v) is 9.81. The number of amides is 3. The molecule has 0 saturated carbocycles. The summed E-state index contributed by atoms with van der Waals surface area (Å²) in [4.78, 5) is 28.6. The first kappa shape index (κ1) is 20.5. The smallest absolute Gasteiger partial charge is 0.322 e. The van der Waals surface area contributed by atoms with Gasteiger partial charge in [-0.2, -0.15) is 0 Å². The monoisotopic (exact) mass is 397 g/mol. The zero-order chi connectivity index (χ0) is 20.8. The second kappa shape index (κ2) is 9.32. The molecular weight excluding hydrogens is 370 g/mol. The summed E-state index contributed by atoms with van der Waals surface area (Å²) < 4.78 is 10.6. The predicted molar refractivity (Wildman–Crippen MR) is 113 cm³/mol. The fourth-order valence-corrected chi connectivity index (χ4v) is 3.40. The van der Waals surface area contributed by atoms with Crippen LogP contribution in [0.5, 0.6) is 11.5 Å². The molecule has 7 nitrogen and oxygen atoms in total. The molecule has 1 saturated heterocycles. The van der Waals surface area contributed by atoms with Crippen molar-refractivity contribution in [1.29, 1.82) is 0 Å². The molecule has 1 aliphatic heterocycles. The van der Waals surface area contributed by atoms with Gasteiger partial charge in [0.1, 0.15) is 11.5 Å². The molecule has 0 bridgehead atoms. The Hall–Kier alpha value is -3.22. The topological polar surface area (TPSA) is 71.1 Å². The summed E-state index contributed by atoms with van der Waals surface area (Å²) in [6, 6.07) is 14.3. The summed E-state index contributed by atoms with van der Waals surface area (Å²) >= 11 is 0. The molecule has 3 rings (SSSR count). The number of anilines is 2. The zero-order valence-corrected chi connectivity index (χ0v) is 17.1. The van der Waals surface area contributed by atoms with Crippen LogP contribution < -0.4 is 24.6 Å². The number of methoxy groups -OCH3 is 1. The highest BCUT2D eigenvalue weighted by molar-refractivity contribution is 5.98. The van der Waals surface area contributed by atoms with Gasteiger partial charge in [-0.3, -0.25) is 9.69 Å². The van der Waals surface area contributed by atoms with Crippen molar-refractivity contribution in [3.63, 3.8) is 0 Å². The number of carbonyl (C=O) groups excluding carboxylic acids is 2. The van der Waals surface area contributed by atoms with Gasteiger partial charge >= 0.3 is 6.03 Å². The third kappa shape index (κ3) is 4.80. The van der Waals surface area contributed by atoms with Gasteiger partial charge in [-0.15, -0.1) is 0 Å². The third-order valence-electron chi connectivity index (χ3n) is 4.86. The number of nitrogens with one attached hydrogen (secondary N) is 1. The largest absolute Gasteiger partial charge is 0.497 e. The van der Waals surface area contributed by atoms with E-state index in [-0.39, 0.29) is 24.4 Å². The lowest BCUT2D eigenvalue weighted by molar-refractivity contribution is -0.117. The minimum absolute atomic E-state index is 0.00745. The van der Waals surface area contributed by atoms with E-state index in [1.54, 1.807) is 16.9 Å². The number of rotatable bonds is 7. The van der Waals surface area contributed by atoms with E-state index in [1.807, 2.05) is 62.4 Å². The van der Waals surface area contributed by atoms with Gasteiger partial charge in [0.2, 0.25) is 5.91 Å². The summed E-state index contributed by atoms with van der Waals surface area (Å²) in [6.07, 6.45) is 0.277. The average Bonchev–Trinajstić information content (AvgIpc) is 3.10. The Morgan fingerprint density at radius 2 is 1.76 bits per heavy atom. The molecule has 29 heavy (non-hydrogen) atoms. The molecule has 154 valence electrons. The predicted octanol–water partition coefficient (Wildman–Crippen LogP) is 3.44. The molecule has 0 aromatic heterocycles. The number of benzene rings is 2. The lowest BCUT2D eigenvalue weighted by atomic mass is 10.2. The van der Waals surface area contributed by atoms with Gasteiger partial charge in [-0.1, -0.05) is 0 Å². The molecule has 1 aliphatic rings. The Morgan fingerprint density at radius 3 is 2.34 bits per heavy atom. The number of urea groups is 1. The fraction of sp³-hybridized carbons (Fsp3) is 0.364. The van der Waals surface area contributed by atoms with E-state index in [0.29, 0.717) is 19.7 Å². The molecule has 0 unspecified atom stereocenters. The van der Waals surface area contributed by atoms with Crippen molar-refractivity contribution in [2.75, 3.05) is 36.6 Å². The lowest BCUT2D eigenvalue weighted by Crippen LogP contribution is -2.46. The molecule has 0 aliphatic carbocycles. The van der Waals surface area contributed by atoms with Crippen molar-refractivity contribution in [3.05, 3.63) is 48.5 Å². The van der Waals surface area contributed by atoms with E-state index < -0.39 is 0 Å². The van der Waals surface area contributed by atoms with Crippen LogP contribution >= 0.6 is 0 Å². The van der Waals surface area contributed by atoms with Crippen molar-refractivity contribution < 1.29 is 19.1 Å². The maximum Gasteiger partial charge on any atom is 0.322 e. The molecule has 1 atom stereocenters. The van der Waals surface area contributed by atoms with Crippen LogP contribution in [0.2, 0.25) is 0 Å². The van der Waals surface area contributed by atoms with Gasteiger partial charge in [-0.05, 0) is 62.4 Å². The van der Waals surface area contributed by atoms with Gasteiger partial charge in [0.05, 0.1) is 19.8 Å². The number of nitrogens with zero attached hydrogens (tertiary/aromatic N) is 2. The first-order chi connectivity index (χ1) is 14.0. The standard InChI is InChI=1S/C22H27N3O4/c1-4-24(17-6-10-19(28-3)11-7-17)22(27)23-16-14-21(26)25(15-16)18-8-12-20(13-9-18)29-5-2/h6-13,16H,4-5,14-15H2,1-3H3,(H,23,27)/t16-/m0/s1. The van der Waals surface area contributed by atoms with Crippen LogP contribution in [0.15, 0.2) is 48.5 Å². The molecule has 3 amide bonds. The van der Waals surface area contributed by atoms with Crippen molar-refractivity contribution in [1.82, 2.24) is 5.32 Å². The van der Waals surface area contributed by atoms with Crippen LogP contribution in [0.3, 0.4) is 0 Å². The van der Waals surface area contributed by atoms with Crippen molar-refractivity contribution in [2.45, 2.75) is 26.3 Å². The van der Waals surface area contributed by atoms with Crippen LogP contribution in [0, 0.1) is 0 Å². The van der Waals surface area contributed by atoms with Crippen LogP contribution in [-0.4, -0.2) is 44.8 Å². The second-order valence-corrected chi connectivity index (χ2v) is 6.72. The minimum Gasteiger partial charge on any atom is -0.497 e. The number of ether oxygens (including phenoxy) is 2. The van der Waals surface area contributed by atoms with E-state index in [0.717, 1.165) is 22.9 Å². The molecule has 1 fully saturated rings. The maximum atomic E-state index is 12.8. The van der Waals surface area contributed by atoms with Crippen molar-refractivity contribution >= 4 is 23.3 Å². The number of hydrogen-bond donors (Lipinski definition) is 1. The van der Waals surface area contributed by atoms with E-state index >= 15 is 0 Å². The summed E-state index contributed by atoms with van der Waals surface area (Å²) in [6.45, 7) is 5.39. The lowest BCUT2D eigenvalue weighted by Gasteiger charge is -2.24. The normalized spacial score (nSPS) is 15.9. The highest BCUT2D eigenvalue weighted by Gasteiger charge is 2.32. The first-order valence-electron chi connectivity index (χ1n) is 9.81. The Balaban J connectivity index is 1.63. The molecule has 2 aromatic rings. The highest BCUT2D eigenvalue weighted by Crippen LogP contribution is 2.25. The van der Waals surface area contributed by atoms with Crippen LogP contribution in [0.4, 0.5) is 16.2 Å². The van der Waals surface area contributed by atoms with Gasteiger partial charge < -0.3 is 19.7 Å². The molecule has 1 heterocycles. The van der Waals surface area contributed by atoms with E-state index in [9.17, 15) is 9.59 Å². The summed E-state index contributed by atoms with van der Waals surface area (Å²) in [5.74, 6) is 1.50. The van der Waals surface area contributed by atoms with Gasteiger partial charge in [-0.25, -0.2) is 4.79 Å². The van der Waals surface area contributed by atoms with E-state index in [4.69, 9.17) is 9.47 Å².